The van der Waals surface area contributed by atoms with Crippen LogP contribution in [-0.2, 0) is 11.4 Å². The number of aromatic nitrogens is 1. The number of ether oxygens (including phenoxy) is 1. The van der Waals surface area contributed by atoms with E-state index in [9.17, 15) is 9.59 Å². The minimum absolute atomic E-state index is 0.213. The fourth-order valence-corrected chi connectivity index (χ4v) is 3.21. The SMILES string of the molecule is CC(C)CC(NC(=O)c1ccc(Cl)cc1)C(=O)Nc1cccc(OCc2cccnc2)c1. The van der Waals surface area contributed by atoms with E-state index in [0.29, 0.717) is 35.1 Å². The Balaban J connectivity index is 1.65. The standard InChI is InChI=1S/C25H26ClN3O3/c1-17(2)13-23(29-24(30)19-8-10-20(26)11-9-19)25(31)28-21-6-3-7-22(14-21)32-16-18-5-4-12-27-15-18/h3-12,14-15,17,23H,13,16H2,1-2H3,(H,28,31)(H,29,30). The Hall–Kier alpha value is -3.38. The average Bonchev–Trinajstić information content (AvgIpc) is 2.78. The monoisotopic (exact) mass is 451 g/mol. The summed E-state index contributed by atoms with van der Waals surface area (Å²) in [4.78, 5) is 29.7. The van der Waals surface area contributed by atoms with Crippen molar-refractivity contribution in [1.82, 2.24) is 10.3 Å². The molecule has 166 valence electrons. The topological polar surface area (TPSA) is 80.3 Å². The number of halogens is 1. The second kappa shape index (κ2) is 11.3. The number of rotatable bonds is 9. The van der Waals surface area contributed by atoms with E-state index in [0.717, 1.165) is 5.56 Å². The first-order chi connectivity index (χ1) is 15.4. The van der Waals surface area contributed by atoms with Crippen LogP contribution in [0.4, 0.5) is 5.69 Å². The van der Waals surface area contributed by atoms with Gasteiger partial charge in [0.05, 0.1) is 0 Å². The van der Waals surface area contributed by atoms with Crippen molar-refractivity contribution in [3.05, 3.63) is 89.2 Å². The van der Waals surface area contributed by atoms with E-state index in [2.05, 4.69) is 15.6 Å². The molecule has 0 aliphatic rings. The van der Waals surface area contributed by atoms with Crippen molar-refractivity contribution < 1.29 is 14.3 Å². The lowest BCUT2D eigenvalue weighted by Crippen LogP contribution is -2.44. The number of hydrogen-bond donors (Lipinski definition) is 2. The molecule has 3 rings (SSSR count). The van der Waals surface area contributed by atoms with Gasteiger partial charge in [0, 0.05) is 40.3 Å². The molecule has 1 atom stereocenters. The largest absolute Gasteiger partial charge is 0.489 e. The van der Waals surface area contributed by atoms with E-state index in [-0.39, 0.29) is 17.7 Å². The van der Waals surface area contributed by atoms with Crippen LogP contribution in [0, 0.1) is 5.92 Å². The molecule has 3 aromatic rings. The number of pyridine rings is 1. The smallest absolute Gasteiger partial charge is 0.251 e. The Morgan fingerprint density at radius 3 is 2.53 bits per heavy atom. The van der Waals surface area contributed by atoms with Gasteiger partial charge in [0.25, 0.3) is 5.91 Å². The molecule has 32 heavy (non-hydrogen) atoms. The summed E-state index contributed by atoms with van der Waals surface area (Å²) in [5, 5.41) is 6.26. The predicted octanol–water partition coefficient (Wildman–Crippen LogP) is 5.10. The second-order valence-corrected chi connectivity index (χ2v) is 8.27. The predicted molar refractivity (Wildman–Crippen MR) is 126 cm³/mol. The Morgan fingerprint density at radius 2 is 1.84 bits per heavy atom. The quantitative estimate of drug-likeness (QED) is 0.474. The van der Waals surface area contributed by atoms with Crippen LogP contribution in [-0.4, -0.2) is 22.8 Å². The molecule has 0 saturated carbocycles. The Bertz CT molecular complexity index is 1040. The summed E-state index contributed by atoms with van der Waals surface area (Å²) in [6, 6.07) is 16.8. The molecular weight excluding hydrogens is 426 g/mol. The number of hydrogen-bond acceptors (Lipinski definition) is 4. The first-order valence-electron chi connectivity index (χ1n) is 10.4. The van der Waals surface area contributed by atoms with E-state index in [1.807, 2.05) is 32.0 Å². The van der Waals surface area contributed by atoms with Crippen LogP contribution >= 0.6 is 11.6 Å². The highest BCUT2D eigenvalue weighted by Gasteiger charge is 2.23. The molecule has 0 radical (unpaired) electrons. The van der Waals surface area contributed by atoms with Crippen LogP contribution in [0.1, 0.15) is 36.2 Å². The van der Waals surface area contributed by atoms with Crippen LogP contribution in [0.15, 0.2) is 73.1 Å². The number of nitrogens with zero attached hydrogens (tertiary/aromatic N) is 1. The number of amides is 2. The van der Waals surface area contributed by atoms with Crippen molar-refractivity contribution in [2.75, 3.05) is 5.32 Å². The first kappa shape index (κ1) is 23.3. The average molecular weight is 452 g/mol. The Kier molecular flexibility index (Phi) is 8.22. The van der Waals surface area contributed by atoms with Crippen LogP contribution in [0.3, 0.4) is 0 Å². The molecule has 0 aliphatic carbocycles. The lowest BCUT2D eigenvalue weighted by Gasteiger charge is -2.20. The third-order valence-electron chi connectivity index (χ3n) is 4.67. The first-order valence-corrected chi connectivity index (χ1v) is 10.8. The minimum Gasteiger partial charge on any atom is -0.489 e. The maximum absolute atomic E-state index is 13.0. The molecule has 2 aromatic carbocycles. The maximum Gasteiger partial charge on any atom is 0.251 e. The summed E-state index contributed by atoms with van der Waals surface area (Å²) >= 11 is 5.89. The highest BCUT2D eigenvalue weighted by molar-refractivity contribution is 6.30. The third kappa shape index (κ3) is 7.10. The van der Waals surface area contributed by atoms with E-state index in [1.165, 1.54) is 0 Å². The zero-order chi connectivity index (χ0) is 22.9. The zero-order valence-corrected chi connectivity index (χ0v) is 18.8. The fourth-order valence-electron chi connectivity index (χ4n) is 3.09. The van der Waals surface area contributed by atoms with Gasteiger partial charge in [0.1, 0.15) is 18.4 Å². The number of carbonyl (C=O) groups is 2. The van der Waals surface area contributed by atoms with E-state index >= 15 is 0 Å². The lowest BCUT2D eigenvalue weighted by molar-refractivity contribution is -0.118. The van der Waals surface area contributed by atoms with Gasteiger partial charge in [-0.2, -0.15) is 0 Å². The summed E-state index contributed by atoms with van der Waals surface area (Å²) in [7, 11) is 0. The molecule has 1 aromatic heterocycles. The molecule has 0 spiro atoms. The summed E-state index contributed by atoms with van der Waals surface area (Å²) in [6.07, 6.45) is 3.95. The molecule has 0 fully saturated rings. The molecule has 1 heterocycles. The Morgan fingerprint density at radius 1 is 1.06 bits per heavy atom. The summed E-state index contributed by atoms with van der Waals surface area (Å²) in [6.45, 7) is 4.38. The molecule has 2 amide bonds. The molecule has 0 bridgehead atoms. The van der Waals surface area contributed by atoms with Gasteiger partial charge in [0.15, 0.2) is 0 Å². The van der Waals surface area contributed by atoms with Gasteiger partial charge in [-0.15, -0.1) is 0 Å². The van der Waals surface area contributed by atoms with Crippen LogP contribution in [0.2, 0.25) is 5.02 Å². The second-order valence-electron chi connectivity index (χ2n) is 7.83. The van der Waals surface area contributed by atoms with E-state index < -0.39 is 6.04 Å². The maximum atomic E-state index is 13.0. The normalized spacial score (nSPS) is 11.6. The number of anilines is 1. The number of benzene rings is 2. The number of nitrogens with one attached hydrogen (secondary N) is 2. The van der Waals surface area contributed by atoms with Gasteiger partial charge in [-0.05, 0) is 54.8 Å². The fraction of sp³-hybridized carbons (Fsp3) is 0.240. The molecular formula is C25H26ClN3O3. The van der Waals surface area contributed by atoms with Gasteiger partial charge < -0.3 is 15.4 Å². The van der Waals surface area contributed by atoms with Crippen molar-refractivity contribution in [3.8, 4) is 5.75 Å². The highest BCUT2D eigenvalue weighted by atomic mass is 35.5. The van der Waals surface area contributed by atoms with Gasteiger partial charge in [-0.25, -0.2) is 0 Å². The molecule has 7 heteroatoms. The van der Waals surface area contributed by atoms with Crippen molar-refractivity contribution in [3.63, 3.8) is 0 Å². The summed E-state index contributed by atoms with van der Waals surface area (Å²) in [5.74, 6) is 0.226. The van der Waals surface area contributed by atoms with Gasteiger partial charge in [0.2, 0.25) is 5.91 Å². The lowest BCUT2D eigenvalue weighted by atomic mass is 10.0. The molecule has 0 saturated heterocycles. The van der Waals surface area contributed by atoms with E-state index in [1.54, 1.807) is 54.9 Å². The summed E-state index contributed by atoms with van der Waals surface area (Å²) in [5.41, 5.74) is 1.98. The van der Waals surface area contributed by atoms with E-state index in [4.69, 9.17) is 16.3 Å². The molecule has 6 nitrogen and oxygen atoms in total. The van der Waals surface area contributed by atoms with Crippen LogP contribution in [0.5, 0.6) is 5.75 Å². The molecule has 2 N–H and O–H groups in total. The van der Waals surface area contributed by atoms with Crippen LogP contribution in [0.25, 0.3) is 0 Å². The van der Waals surface area contributed by atoms with Gasteiger partial charge >= 0.3 is 0 Å². The molecule has 1 unspecified atom stereocenters. The van der Waals surface area contributed by atoms with Crippen molar-refractivity contribution in [2.45, 2.75) is 32.9 Å². The number of carbonyl (C=O) groups excluding carboxylic acids is 2. The van der Waals surface area contributed by atoms with Crippen LogP contribution < -0.4 is 15.4 Å². The molecule has 0 aliphatic heterocycles. The minimum atomic E-state index is -0.682. The van der Waals surface area contributed by atoms with Crippen molar-refractivity contribution in [1.29, 1.82) is 0 Å². The highest BCUT2D eigenvalue weighted by Crippen LogP contribution is 2.19. The van der Waals surface area contributed by atoms with Crippen molar-refractivity contribution in [2.24, 2.45) is 5.92 Å². The van der Waals surface area contributed by atoms with Crippen molar-refractivity contribution >= 4 is 29.1 Å². The van der Waals surface area contributed by atoms with Gasteiger partial charge in [-0.3, -0.25) is 14.6 Å². The zero-order valence-electron chi connectivity index (χ0n) is 18.0. The third-order valence-corrected chi connectivity index (χ3v) is 4.92. The summed E-state index contributed by atoms with van der Waals surface area (Å²) < 4.78 is 5.80. The van der Waals surface area contributed by atoms with Gasteiger partial charge in [-0.1, -0.05) is 37.6 Å². The Labute approximate surface area is 193 Å².